The molecule has 3 aromatic carbocycles. The highest BCUT2D eigenvalue weighted by Gasteiger charge is 2.44. The van der Waals surface area contributed by atoms with E-state index in [0.29, 0.717) is 58.6 Å². The van der Waals surface area contributed by atoms with Crippen molar-refractivity contribution in [3.63, 3.8) is 0 Å². The third kappa shape index (κ3) is 20.3. The molecule has 4 amide bonds. The molecule has 2 aliphatic rings. The van der Waals surface area contributed by atoms with Gasteiger partial charge in [-0.1, -0.05) is 120 Å². The van der Waals surface area contributed by atoms with Crippen molar-refractivity contribution in [3.05, 3.63) is 95.6 Å². The number of carboxylic acids is 2. The van der Waals surface area contributed by atoms with Gasteiger partial charge in [0.05, 0.1) is 74.8 Å². The second-order valence-electron chi connectivity index (χ2n) is 23.1. The van der Waals surface area contributed by atoms with Crippen molar-refractivity contribution < 1.29 is 72.3 Å². The molecule has 0 bridgehead atoms. The topological polar surface area (TPSA) is 271 Å². The third-order valence-corrected chi connectivity index (χ3v) is 16.8. The first-order valence-electron chi connectivity index (χ1n) is 29.8. The Morgan fingerprint density at radius 1 is 0.776 bits per heavy atom. The van der Waals surface area contributed by atoms with Crippen molar-refractivity contribution in [1.29, 1.82) is 0 Å². The van der Waals surface area contributed by atoms with Crippen LogP contribution in [0.15, 0.2) is 78.9 Å². The minimum Gasteiger partial charge on any atom is -0.481 e. The number of aliphatic carboxylic acids is 2. The van der Waals surface area contributed by atoms with Gasteiger partial charge in [-0.05, 0) is 72.8 Å². The van der Waals surface area contributed by atoms with Gasteiger partial charge in [0.1, 0.15) is 12.6 Å². The maximum absolute atomic E-state index is 14.4. The van der Waals surface area contributed by atoms with Crippen molar-refractivity contribution in [2.24, 2.45) is 29.4 Å². The lowest BCUT2D eigenvalue weighted by atomic mass is 9.82. The number of esters is 1. The van der Waals surface area contributed by atoms with E-state index in [0.717, 1.165) is 5.56 Å². The highest BCUT2D eigenvalue weighted by Crippen LogP contribution is 2.44. The van der Waals surface area contributed by atoms with Crippen molar-refractivity contribution in [2.75, 3.05) is 74.4 Å². The molecule has 0 radical (unpaired) electrons. The van der Waals surface area contributed by atoms with Crippen LogP contribution in [-0.4, -0.2) is 183 Å². The molecule has 85 heavy (non-hydrogen) atoms. The number of carboxylic acid groups (broad SMARTS) is 2. The first kappa shape index (κ1) is 70.9. The van der Waals surface area contributed by atoms with Crippen LogP contribution in [0.3, 0.4) is 0 Å². The smallest absolute Gasteiger partial charge is 0.326 e. The molecule has 20 heteroatoms. The summed E-state index contributed by atoms with van der Waals surface area (Å²) in [5.41, 5.74) is 9.85. The number of hydrogen-bond acceptors (Lipinski definition) is 14. The molecule has 1 fully saturated rings. The summed E-state index contributed by atoms with van der Waals surface area (Å²) in [7, 11) is 6.28. The molecule has 5 rings (SSSR count). The molecule has 1 saturated heterocycles. The fourth-order valence-electron chi connectivity index (χ4n) is 11.3. The lowest BCUT2D eigenvalue weighted by Gasteiger charge is -2.41. The van der Waals surface area contributed by atoms with E-state index in [9.17, 15) is 43.5 Å². The van der Waals surface area contributed by atoms with E-state index in [-0.39, 0.29) is 99.0 Å². The van der Waals surface area contributed by atoms with Gasteiger partial charge < -0.3 is 59.6 Å². The molecule has 0 saturated carbocycles. The number of carbonyl (C=O) groups is 8. The maximum atomic E-state index is 14.4. The molecule has 1 heterocycles. The van der Waals surface area contributed by atoms with Crippen LogP contribution in [0.25, 0.3) is 11.1 Å². The first-order chi connectivity index (χ1) is 40.4. The number of methoxy groups -OCH3 is 2. The summed E-state index contributed by atoms with van der Waals surface area (Å²) in [6.07, 6.45) is 1.39. The van der Waals surface area contributed by atoms with Crippen molar-refractivity contribution in [2.45, 2.75) is 154 Å². The zero-order valence-corrected chi connectivity index (χ0v) is 51.9. The summed E-state index contributed by atoms with van der Waals surface area (Å²) in [5, 5.41) is 21.1. The molecule has 5 N–H and O–H groups in total. The van der Waals surface area contributed by atoms with Crippen LogP contribution in [0.2, 0.25) is 0 Å². The van der Waals surface area contributed by atoms with E-state index >= 15 is 0 Å². The summed E-state index contributed by atoms with van der Waals surface area (Å²) in [5.74, 6) is -5.46. The fraction of sp³-hybridized carbons (Fsp3) is 0.600. The van der Waals surface area contributed by atoms with Gasteiger partial charge in [-0.15, -0.1) is 0 Å². The average Bonchev–Trinajstić information content (AvgIpc) is 3.00. The lowest BCUT2D eigenvalue weighted by Crippen LogP contribution is -2.55. The Kier molecular flexibility index (Phi) is 29.3. The van der Waals surface area contributed by atoms with Gasteiger partial charge in [-0.3, -0.25) is 33.6 Å². The van der Waals surface area contributed by atoms with Crippen LogP contribution in [0.4, 0.5) is 0 Å². The fourth-order valence-corrected chi connectivity index (χ4v) is 11.3. The average molecular weight is 1190 g/mol. The van der Waals surface area contributed by atoms with E-state index < -0.39 is 65.6 Å². The highest BCUT2D eigenvalue weighted by atomic mass is 16.5. The van der Waals surface area contributed by atoms with Gasteiger partial charge in [0.2, 0.25) is 23.6 Å². The Bertz CT molecular complexity index is 2600. The number of fused-ring (bicyclic) bond motifs is 3. The largest absolute Gasteiger partial charge is 0.481 e. The number of nitrogens with two attached hydrogens (primary N) is 1. The number of carbonyl (C=O) groups excluding carboxylic acids is 6. The Morgan fingerprint density at radius 2 is 1.38 bits per heavy atom. The first-order valence-corrected chi connectivity index (χ1v) is 29.8. The monoisotopic (exact) mass is 1190 g/mol. The number of nitrogens with zero attached hydrogens (tertiary/aromatic N) is 3. The second-order valence-corrected chi connectivity index (χ2v) is 23.1. The van der Waals surface area contributed by atoms with E-state index in [4.69, 9.17) is 34.5 Å². The van der Waals surface area contributed by atoms with E-state index in [1.807, 2.05) is 70.2 Å². The Hall–Kier alpha value is -6.58. The molecule has 1 aliphatic carbocycles. The molecule has 0 unspecified atom stereocenters. The van der Waals surface area contributed by atoms with Crippen LogP contribution >= 0.6 is 0 Å². The summed E-state index contributed by atoms with van der Waals surface area (Å²) in [6.45, 7) is 15.0. The number of hydrogen-bond donors (Lipinski definition) is 4. The van der Waals surface area contributed by atoms with Gasteiger partial charge >= 0.3 is 17.9 Å². The maximum Gasteiger partial charge on any atom is 0.326 e. The van der Waals surface area contributed by atoms with Crippen LogP contribution in [0.1, 0.15) is 129 Å². The molecule has 3 aromatic rings. The minimum absolute atomic E-state index is 0.0229. The molecular weight excluding hydrogens is 1090 g/mol. The lowest BCUT2D eigenvalue weighted by molar-refractivity contribution is -0.151. The quantitative estimate of drug-likeness (QED) is 0.0336. The number of amides is 4. The van der Waals surface area contributed by atoms with Gasteiger partial charge in [0.15, 0.2) is 5.78 Å². The van der Waals surface area contributed by atoms with Gasteiger partial charge in [-0.25, -0.2) is 4.79 Å². The highest BCUT2D eigenvalue weighted by molar-refractivity contribution is 5.95. The zero-order chi connectivity index (χ0) is 63.0. The SMILES string of the molecule is CC[C@H](C)[C@@H]([C@@H](CC(=O)N1CCC[C@H]1[C@H](OC)[C@@H](C)C(=O)N[C@@H](Cc1ccccc1)C(=O)O)OC)N(C)C(=O)[C@@H](CC(=O)C(C)(C)N(C)C(=O)CCOCCN)C(C)C.O=C(O)CCOCCCC(=O)OCC1c2ccccc2-c2ccccc21. The van der Waals surface area contributed by atoms with Gasteiger partial charge in [0.25, 0.3) is 0 Å². The predicted octanol–water partition coefficient (Wildman–Crippen LogP) is 7.17. The standard InChI is InChI=1S/C44H73N5O10.C21H22O5/c1-12-29(4)39(47(8)42(54)32(28(2)3)26-36(50)44(6,7)48(9)37(51)20-23-59-24-21-45)35(57-10)27-38(52)49-22-16-19-34(49)40(58-11)30(5)41(53)46-33(43(55)56)25-31-17-14-13-15-18-31;22-20(23)11-13-25-12-5-10-21(24)26-14-19-17-8-3-1-6-15(17)16-7-2-4-9-18(16)19/h13-15,17-18,28-30,32-35,39-40H,12,16,19-27,45H2,1-11H3,(H,46,53)(H,55,56);1-4,6-9,19H,5,10-14H2,(H,22,23)/t29-,30+,32-,33-,34-,35+,39-,40+;/m0./s1. The number of benzene rings is 3. The summed E-state index contributed by atoms with van der Waals surface area (Å²) >= 11 is 0. The number of likely N-dealkylation sites (tertiary alicyclic amines) is 1. The number of rotatable bonds is 35. The summed E-state index contributed by atoms with van der Waals surface area (Å²) < 4.78 is 27.9. The van der Waals surface area contributed by atoms with E-state index in [1.165, 1.54) is 41.4 Å². The van der Waals surface area contributed by atoms with Gasteiger partial charge in [-0.2, -0.15) is 0 Å². The number of Topliss-reactive ketones (excluding diaryl/α,β-unsaturated/α-hetero) is 1. The zero-order valence-electron chi connectivity index (χ0n) is 51.9. The summed E-state index contributed by atoms with van der Waals surface area (Å²) in [6, 6.07) is 23.4. The molecule has 20 nitrogen and oxygen atoms in total. The molecule has 8 atom stereocenters. The Morgan fingerprint density at radius 3 is 1.94 bits per heavy atom. The van der Waals surface area contributed by atoms with E-state index in [2.05, 4.69) is 29.6 Å². The Labute approximate surface area is 502 Å². The second kappa shape index (κ2) is 35.1. The molecule has 470 valence electrons. The number of likely N-dealkylation sites (N-methyl/N-ethyl adjacent to an activating group) is 2. The van der Waals surface area contributed by atoms with E-state index in [1.54, 1.807) is 56.8 Å². The van der Waals surface area contributed by atoms with Crippen LogP contribution < -0.4 is 11.1 Å². The van der Waals surface area contributed by atoms with Crippen molar-refractivity contribution >= 4 is 47.3 Å². The third-order valence-electron chi connectivity index (χ3n) is 16.8. The Balaban J connectivity index is 0.000000490. The number of ether oxygens (including phenoxy) is 5. The van der Waals surface area contributed by atoms with Crippen LogP contribution in [-0.2, 0) is 68.5 Å². The van der Waals surface area contributed by atoms with Crippen molar-refractivity contribution in [3.8, 4) is 11.1 Å². The minimum atomic E-state index is -1.18. The normalized spacial score (nSPS) is 16.3. The number of nitrogens with one attached hydrogen (secondary N) is 1. The number of ketones is 1. The van der Waals surface area contributed by atoms with Crippen LogP contribution in [0.5, 0.6) is 0 Å². The molecule has 0 aromatic heterocycles. The van der Waals surface area contributed by atoms with Gasteiger partial charge in [0, 0.05) is 79.1 Å². The predicted molar refractivity (Wildman–Crippen MR) is 322 cm³/mol. The van der Waals surface area contributed by atoms with Crippen LogP contribution in [0, 0.1) is 23.7 Å². The molecule has 1 aliphatic heterocycles. The molecular formula is C65H95N5O15. The summed E-state index contributed by atoms with van der Waals surface area (Å²) in [4.78, 5) is 108. The molecule has 0 spiro atoms. The van der Waals surface area contributed by atoms with Crippen molar-refractivity contribution in [1.82, 2.24) is 20.0 Å².